The normalized spacial score (nSPS) is 17.5. The van der Waals surface area contributed by atoms with E-state index >= 15 is 0 Å². The molecule has 1 atom stereocenters. The van der Waals surface area contributed by atoms with Crippen LogP contribution >= 0.6 is 11.3 Å². The Kier molecular flexibility index (Phi) is 4.95. The Bertz CT molecular complexity index is 328. The minimum Gasteiger partial charge on any atom is -0.383 e. The summed E-state index contributed by atoms with van der Waals surface area (Å²) in [7, 11) is 1.73. The van der Waals surface area contributed by atoms with Gasteiger partial charge in [-0.2, -0.15) is 0 Å². The third kappa shape index (κ3) is 3.50. The molecule has 17 heavy (non-hydrogen) atoms. The quantitative estimate of drug-likeness (QED) is 0.648. The number of fused-ring (bicyclic) bond motifs is 1. The fraction of sp³-hybridized carbons (Fsp3) is 0.769. The summed E-state index contributed by atoms with van der Waals surface area (Å²) >= 11 is 1.90. The first-order valence-electron chi connectivity index (χ1n) is 6.52. The van der Waals surface area contributed by atoms with Gasteiger partial charge < -0.3 is 10.1 Å². The molecule has 1 aliphatic carbocycles. The van der Waals surface area contributed by atoms with Crippen LogP contribution in [0.1, 0.15) is 47.8 Å². The van der Waals surface area contributed by atoms with Crippen LogP contribution in [-0.2, 0) is 17.6 Å². The highest BCUT2D eigenvalue weighted by Gasteiger charge is 2.16. The lowest BCUT2D eigenvalue weighted by atomic mass is 10.2. The Labute approximate surface area is 108 Å². The van der Waals surface area contributed by atoms with E-state index in [-0.39, 0.29) is 0 Å². The molecular formula is C13H22N2OS. The van der Waals surface area contributed by atoms with Gasteiger partial charge in [0.2, 0.25) is 0 Å². The van der Waals surface area contributed by atoms with Crippen molar-refractivity contribution < 1.29 is 4.74 Å². The fourth-order valence-corrected chi connectivity index (χ4v) is 3.38. The van der Waals surface area contributed by atoms with Gasteiger partial charge in [0.05, 0.1) is 18.3 Å². The summed E-state index contributed by atoms with van der Waals surface area (Å²) in [5.74, 6) is 0. The van der Waals surface area contributed by atoms with Crippen molar-refractivity contribution in [2.75, 3.05) is 20.3 Å². The summed E-state index contributed by atoms with van der Waals surface area (Å²) in [5.41, 5.74) is 1.36. The highest BCUT2D eigenvalue weighted by atomic mass is 32.1. The Morgan fingerprint density at radius 3 is 3.00 bits per heavy atom. The van der Waals surface area contributed by atoms with Crippen LogP contribution < -0.4 is 5.32 Å². The van der Waals surface area contributed by atoms with Crippen LogP contribution in [-0.4, -0.2) is 25.2 Å². The molecule has 0 radical (unpaired) electrons. The summed E-state index contributed by atoms with van der Waals surface area (Å²) in [4.78, 5) is 6.33. The zero-order chi connectivity index (χ0) is 12.1. The van der Waals surface area contributed by atoms with Crippen molar-refractivity contribution in [3.05, 3.63) is 15.6 Å². The second-order valence-electron chi connectivity index (χ2n) is 4.65. The van der Waals surface area contributed by atoms with Crippen molar-refractivity contribution in [2.45, 2.75) is 45.1 Å². The standard InChI is InChI=1S/C13H22N2OS/c1-10(14-8-9-16-2)13-15-11-6-4-3-5-7-12(11)17-13/h10,14H,3-9H2,1-2H3. The molecule has 4 heteroatoms. The minimum atomic E-state index is 0.349. The van der Waals surface area contributed by atoms with E-state index in [1.54, 1.807) is 7.11 Å². The summed E-state index contributed by atoms with van der Waals surface area (Å²) in [5, 5.41) is 4.69. The van der Waals surface area contributed by atoms with Crippen LogP contribution in [0.3, 0.4) is 0 Å². The number of hydrogen-bond acceptors (Lipinski definition) is 4. The maximum absolute atomic E-state index is 5.05. The van der Waals surface area contributed by atoms with Gasteiger partial charge in [-0.3, -0.25) is 0 Å². The van der Waals surface area contributed by atoms with Crippen LogP contribution in [0, 0.1) is 0 Å². The van der Waals surface area contributed by atoms with Crippen LogP contribution in [0.2, 0.25) is 0 Å². The van der Waals surface area contributed by atoms with Crippen molar-refractivity contribution in [1.82, 2.24) is 10.3 Å². The van der Waals surface area contributed by atoms with Crippen molar-refractivity contribution in [1.29, 1.82) is 0 Å². The number of aryl methyl sites for hydroxylation is 2. The van der Waals surface area contributed by atoms with E-state index in [1.165, 1.54) is 47.7 Å². The maximum atomic E-state index is 5.05. The van der Waals surface area contributed by atoms with Gasteiger partial charge in [-0.15, -0.1) is 11.3 Å². The molecular weight excluding hydrogens is 232 g/mol. The average molecular weight is 254 g/mol. The number of hydrogen-bond donors (Lipinski definition) is 1. The average Bonchev–Trinajstić information content (AvgIpc) is 2.61. The van der Waals surface area contributed by atoms with Gasteiger partial charge >= 0.3 is 0 Å². The van der Waals surface area contributed by atoms with Gasteiger partial charge in [0, 0.05) is 18.5 Å². The zero-order valence-electron chi connectivity index (χ0n) is 10.8. The minimum absolute atomic E-state index is 0.349. The number of methoxy groups -OCH3 is 1. The topological polar surface area (TPSA) is 34.1 Å². The summed E-state index contributed by atoms with van der Waals surface area (Å²) in [6.07, 6.45) is 6.41. The molecule has 2 rings (SSSR count). The molecule has 0 aromatic carbocycles. The van der Waals surface area contributed by atoms with Crippen molar-refractivity contribution in [3.63, 3.8) is 0 Å². The first-order chi connectivity index (χ1) is 8.31. The first-order valence-corrected chi connectivity index (χ1v) is 7.33. The van der Waals surface area contributed by atoms with Crippen molar-refractivity contribution in [3.8, 4) is 0 Å². The molecule has 1 aromatic rings. The second kappa shape index (κ2) is 6.47. The third-order valence-electron chi connectivity index (χ3n) is 3.24. The third-order valence-corrected chi connectivity index (χ3v) is 4.58. The Morgan fingerprint density at radius 1 is 1.35 bits per heavy atom. The summed E-state index contributed by atoms with van der Waals surface area (Å²) in [6.45, 7) is 3.84. The lowest BCUT2D eigenvalue weighted by Gasteiger charge is -2.10. The number of nitrogens with zero attached hydrogens (tertiary/aromatic N) is 1. The SMILES string of the molecule is COCCNC(C)c1nc2c(s1)CCCCC2. The second-order valence-corrected chi connectivity index (χ2v) is 5.77. The van der Waals surface area contributed by atoms with E-state index in [0.717, 1.165) is 13.2 Å². The molecule has 0 amide bonds. The lowest BCUT2D eigenvalue weighted by molar-refractivity contribution is 0.196. The Balaban J connectivity index is 1.96. The van der Waals surface area contributed by atoms with E-state index in [0.29, 0.717) is 6.04 Å². The van der Waals surface area contributed by atoms with E-state index in [4.69, 9.17) is 9.72 Å². The Morgan fingerprint density at radius 2 is 2.18 bits per heavy atom. The highest BCUT2D eigenvalue weighted by molar-refractivity contribution is 7.11. The van der Waals surface area contributed by atoms with Gasteiger partial charge in [0.1, 0.15) is 5.01 Å². The molecule has 1 aliphatic rings. The summed E-state index contributed by atoms with van der Waals surface area (Å²) in [6, 6.07) is 0.349. The first kappa shape index (κ1) is 13.0. The molecule has 3 nitrogen and oxygen atoms in total. The van der Waals surface area contributed by atoms with Crippen LogP contribution in [0.25, 0.3) is 0 Å². The Hall–Kier alpha value is -0.450. The van der Waals surface area contributed by atoms with Gasteiger partial charge in [0.25, 0.3) is 0 Å². The van der Waals surface area contributed by atoms with Gasteiger partial charge in [-0.05, 0) is 32.6 Å². The van der Waals surface area contributed by atoms with Crippen molar-refractivity contribution >= 4 is 11.3 Å². The zero-order valence-corrected chi connectivity index (χ0v) is 11.6. The molecule has 0 spiro atoms. The molecule has 1 heterocycles. The molecule has 1 aromatic heterocycles. The van der Waals surface area contributed by atoms with E-state index in [1.807, 2.05) is 11.3 Å². The van der Waals surface area contributed by atoms with Gasteiger partial charge in [0.15, 0.2) is 0 Å². The lowest BCUT2D eigenvalue weighted by Crippen LogP contribution is -2.22. The summed E-state index contributed by atoms with van der Waals surface area (Å²) < 4.78 is 5.05. The van der Waals surface area contributed by atoms with E-state index < -0.39 is 0 Å². The monoisotopic (exact) mass is 254 g/mol. The van der Waals surface area contributed by atoms with Crippen LogP contribution in [0.5, 0.6) is 0 Å². The van der Waals surface area contributed by atoms with E-state index in [2.05, 4.69) is 12.2 Å². The van der Waals surface area contributed by atoms with E-state index in [9.17, 15) is 0 Å². The van der Waals surface area contributed by atoms with Crippen LogP contribution in [0.4, 0.5) is 0 Å². The predicted molar refractivity (Wildman–Crippen MR) is 71.7 cm³/mol. The number of aromatic nitrogens is 1. The molecule has 96 valence electrons. The van der Waals surface area contributed by atoms with Crippen molar-refractivity contribution in [2.24, 2.45) is 0 Å². The highest BCUT2D eigenvalue weighted by Crippen LogP contribution is 2.28. The largest absolute Gasteiger partial charge is 0.383 e. The smallest absolute Gasteiger partial charge is 0.110 e. The molecule has 1 unspecified atom stereocenters. The molecule has 0 saturated carbocycles. The molecule has 0 saturated heterocycles. The molecule has 0 aliphatic heterocycles. The van der Waals surface area contributed by atoms with Gasteiger partial charge in [-0.25, -0.2) is 4.98 Å². The fourth-order valence-electron chi connectivity index (χ4n) is 2.20. The number of ether oxygens (including phenoxy) is 1. The number of thiazole rings is 1. The number of rotatable bonds is 5. The maximum Gasteiger partial charge on any atom is 0.110 e. The molecule has 0 bridgehead atoms. The van der Waals surface area contributed by atoms with Gasteiger partial charge in [-0.1, -0.05) is 6.42 Å². The molecule has 0 fully saturated rings. The number of nitrogens with one attached hydrogen (secondary N) is 1. The predicted octanol–water partition coefficient (Wildman–Crippen LogP) is 2.71. The molecule has 1 N–H and O–H groups in total. The van der Waals surface area contributed by atoms with Crippen LogP contribution in [0.15, 0.2) is 0 Å².